The molecule has 0 aromatic heterocycles. The molecule has 5 heteroatoms. The molecule has 0 fully saturated rings. The van der Waals surface area contributed by atoms with Gasteiger partial charge in [0, 0.05) is 0 Å². The normalized spacial score (nSPS) is 19.2. The summed E-state index contributed by atoms with van der Waals surface area (Å²) < 4.78 is 5.78. The van der Waals surface area contributed by atoms with Crippen molar-refractivity contribution < 1.29 is 19.4 Å². The van der Waals surface area contributed by atoms with Gasteiger partial charge in [0.25, 0.3) is 5.91 Å². The lowest BCUT2D eigenvalue weighted by molar-refractivity contribution is -0.141. The van der Waals surface area contributed by atoms with Gasteiger partial charge in [-0.05, 0) is 37.0 Å². The van der Waals surface area contributed by atoms with Crippen LogP contribution in [-0.4, -0.2) is 29.1 Å². The summed E-state index contributed by atoms with van der Waals surface area (Å²) in [4.78, 5) is 25.6. The van der Waals surface area contributed by atoms with E-state index in [0.29, 0.717) is 17.9 Å². The Bertz CT molecular complexity index is 567. The number of ether oxygens (including phenoxy) is 1. The number of carbonyl (C=O) groups is 2. The maximum atomic E-state index is 12.7. The summed E-state index contributed by atoms with van der Waals surface area (Å²) in [6.45, 7) is 7.45. The van der Waals surface area contributed by atoms with Crippen molar-refractivity contribution in [2.45, 2.75) is 46.3 Å². The Morgan fingerprint density at radius 1 is 1.43 bits per heavy atom. The van der Waals surface area contributed by atoms with Gasteiger partial charge in [0.2, 0.25) is 0 Å². The van der Waals surface area contributed by atoms with E-state index in [1.807, 2.05) is 26.8 Å². The molecule has 1 amide bonds. The lowest BCUT2D eigenvalue weighted by Gasteiger charge is -2.38. The Hall–Kier alpha value is -2.04. The highest BCUT2D eigenvalue weighted by Crippen LogP contribution is 2.38. The van der Waals surface area contributed by atoms with Gasteiger partial charge in [0.05, 0.1) is 5.69 Å². The molecule has 1 N–H and O–H groups in total. The van der Waals surface area contributed by atoms with Gasteiger partial charge in [-0.1, -0.05) is 26.8 Å². The van der Waals surface area contributed by atoms with E-state index in [4.69, 9.17) is 4.74 Å². The fraction of sp³-hybridized carbons (Fsp3) is 0.500. The number of aryl methyl sites for hydroxylation is 1. The minimum Gasteiger partial charge on any atom is -0.480 e. The average molecular weight is 291 g/mol. The first-order valence-corrected chi connectivity index (χ1v) is 7.20. The summed E-state index contributed by atoms with van der Waals surface area (Å²) in [5, 5.41) is 9.43. The van der Waals surface area contributed by atoms with E-state index < -0.39 is 18.1 Å². The van der Waals surface area contributed by atoms with E-state index in [2.05, 4.69) is 0 Å². The number of hydrogen-bond donors (Lipinski definition) is 1. The summed E-state index contributed by atoms with van der Waals surface area (Å²) in [5.74, 6) is -0.737. The van der Waals surface area contributed by atoms with Crippen molar-refractivity contribution in [1.29, 1.82) is 0 Å². The minimum atomic E-state index is -0.997. The number of carboxylic acids is 1. The molecule has 21 heavy (non-hydrogen) atoms. The van der Waals surface area contributed by atoms with Crippen LogP contribution in [0.5, 0.6) is 5.75 Å². The Labute approximate surface area is 124 Å². The van der Waals surface area contributed by atoms with Gasteiger partial charge in [-0.2, -0.15) is 0 Å². The van der Waals surface area contributed by atoms with Crippen LogP contribution in [0.15, 0.2) is 18.2 Å². The largest absolute Gasteiger partial charge is 0.480 e. The Kier molecular flexibility index (Phi) is 4.21. The molecule has 2 rings (SSSR count). The molecular formula is C16H21NO4. The highest BCUT2D eigenvalue weighted by molar-refractivity contribution is 6.04. The SMILES string of the molecule is CCC(C(=O)O)N1C(=O)C(C(C)C)Oc2ccc(C)cc21. The zero-order valence-electron chi connectivity index (χ0n) is 12.8. The highest BCUT2D eigenvalue weighted by atomic mass is 16.5. The second kappa shape index (κ2) is 5.76. The fourth-order valence-corrected chi connectivity index (χ4v) is 2.57. The summed E-state index contributed by atoms with van der Waals surface area (Å²) >= 11 is 0. The molecule has 114 valence electrons. The number of anilines is 1. The predicted octanol–water partition coefficient (Wildman–Crippen LogP) is 2.61. The van der Waals surface area contributed by atoms with E-state index in [-0.39, 0.29) is 11.8 Å². The van der Waals surface area contributed by atoms with Crippen LogP contribution in [0, 0.1) is 12.8 Å². The van der Waals surface area contributed by atoms with Crippen molar-refractivity contribution in [2.24, 2.45) is 5.92 Å². The molecule has 1 aliphatic heterocycles. The van der Waals surface area contributed by atoms with Crippen LogP contribution in [0.25, 0.3) is 0 Å². The number of amides is 1. The number of rotatable bonds is 4. The van der Waals surface area contributed by atoms with E-state index >= 15 is 0 Å². The molecular weight excluding hydrogens is 270 g/mol. The van der Waals surface area contributed by atoms with E-state index in [1.54, 1.807) is 19.1 Å². The number of carbonyl (C=O) groups excluding carboxylic acids is 1. The molecule has 1 heterocycles. The lowest BCUT2D eigenvalue weighted by atomic mass is 10.00. The summed E-state index contributed by atoms with van der Waals surface area (Å²) in [5.41, 5.74) is 1.50. The quantitative estimate of drug-likeness (QED) is 0.926. The van der Waals surface area contributed by atoms with Crippen LogP contribution in [0.2, 0.25) is 0 Å². The van der Waals surface area contributed by atoms with Crippen LogP contribution in [0.3, 0.4) is 0 Å². The summed E-state index contributed by atoms with van der Waals surface area (Å²) in [6, 6.07) is 4.62. The van der Waals surface area contributed by atoms with E-state index in [1.165, 1.54) is 4.90 Å². The van der Waals surface area contributed by atoms with Gasteiger partial charge in [0.1, 0.15) is 11.8 Å². The van der Waals surface area contributed by atoms with E-state index in [9.17, 15) is 14.7 Å². The minimum absolute atomic E-state index is 0.0271. The van der Waals surface area contributed by atoms with Crippen molar-refractivity contribution in [3.05, 3.63) is 23.8 Å². The average Bonchev–Trinajstić information content (AvgIpc) is 2.41. The number of fused-ring (bicyclic) bond motifs is 1. The zero-order valence-corrected chi connectivity index (χ0v) is 12.8. The molecule has 5 nitrogen and oxygen atoms in total. The third-order valence-corrected chi connectivity index (χ3v) is 3.70. The number of aliphatic carboxylic acids is 1. The predicted molar refractivity (Wildman–Crippen MR) is 79.6 cm³/mol. The first-order valence-electron chi connectivity index (χ1n) is 7.20. The zero-order chi connectivity index (χ0) is 15.7. The van der Waals surface area contributed by atoms with Crippen LogP contribution >= 0.6 is 0 Å². The van der Waals surface area contributed by atoms with Gasteiger partial charge in [0.15, 0.2) is 6.10 Å². The summed E-state index contributed by atoms with van der Waals surface area (Å²) in [6.07, 6.45) is -0.298. The topological polar surface area (TPSA) is 66.8 Å². The molecule has 1 aliphatic rings. The Morgan fingerprint density at radius 2 is 2.10 bits per heavy atom. The number of benzene rings is 1. The van der Waals surface area contributed by atoms with Gasteiger partial charge in [-0.3, -0.25) is 9.69 Å². The molecule has 0 spiro atoms. The van der Waals surface area contributed by atoms with Crippen molar-refractivity contribution in [3.8, 4) is 5.75 Å². The number of hydrogen-bond acceptors (Lipinski definition) is 3. The maximum Gasteiger partial charge on any atom is 0.326 e. The highest BCUT2D eigenvalue weighted by Gasteiger charge is 2.41. The molecule has 2 unspecified atom stereocenters. The molecule has 0 bridgehead atoms. The number of carboxylic acid groups (broad SMARTS) is 1. The second-order valence-corrected chi connectivity index (χ2v) is 5.72. The first-order chi connectivity index (χ1) is 9.86. The molecule has 1 aromatic carbocycles. The number of nitrogens with zero attached hydrogens (tertiary/aromatic N) is 1. The third kappa shape index (κ3) is 2.73. The van der Waals surface area contributed by atoms with Gasteiger partial charge >= 0.3 is 5.97 Å². The molecule has 0 saturated carbocycles. The molecule has 0 radical (unpaired) electrons. The molecule has 1 aromatic rings. The van der Waals surface area contributed by atoms with Crippen LogP contribution in [0.4, 0.5) is 5.69 Å². The standard InChI is InChI=1S/C16H21NO4/c1-5-11(16(19)20)17-12-8-10(4)6-7-13(12)21-14(9(2)3)15(17)18/h6-9,11,14H,5H2,1-4H3,(H,19,20). The third-order valence-electron chi connectivity index (χ3n) is 3.70. The van der Waals surface area contributed by atoms with Crippen molar-refractivity contribution in [3.63, 3.8) is 0 Å². The molecule has 2 atom stereocenters. The summed E-state index contributed by atoms with van der Waals surface area (Å²) in [7, 11) is 0. The van der Waals surface area contributed by atoms with Gasteiger partial charge in [-0.15, -0.1) is 0 Å². The molecule has 0 aliphatic carbocycles. The van der Waals surface area contributed by atoms with Crippen molar-refractivity contribution in [1.82, 2.24) is 0 Å². The molecule has 0 saturated heterocycles. The van der Waals surface area contributed by atoms with Gasteiger partial charge < -0.3 is 9.84 Å². The second-order valence-electron chi connectivity index (χ2n) is 5.72. The van der Waals surface area contributed by atoms with Crippen LogP contribution in [0.1, 0.15) is 32.8 Å². The Balaban J connectivity index is 2.56. The van der Waals surface area contributed by atoms with E-state index in [0.717, 1.165) is 5.56 Å². The van der Waals surface area contributed by atoms with Crippen LogP contribution in [-0.2, 0) is 9.59 Å². The smallest absolute Gasteiger partial charge is 0.326 e. The monoisotopic (exact) mass is 291 g/mol. The van der Waals surface area contributed by atoms with Crippen LogP contribution < -0.4 is 9.64 Å². The maximum absolute atomic E-state index is 12.7. The van der Waals surface area contributed by atoms with Crippen molar-refractivity contribution in [2.75, 3.05) is 4.90 Å². The first kappa shape index (κ1) is 15.4. The Morgan fingerprint density at radius 3 is 2.62 bits per heavy atom. The van der Waals surface area contributed by atoms with Crippen molar-refractivity contribution >= 4 is 17.6 Å². The lowest BCUT2D eigenvalue weighted by Crippen LogP contribution is -2.54. The fourth-order valence-electron chi connectivity index (χ4n) is 2.57. The van der Waals surface area contributed by atoms with Gasteiger partial charge in [-0.25, -0.2) is 4.79 Å².